The maximum absolute atomic E-state index is 12.6. The lowest BCUT2D eigenvalue weighted by Crippen LogP contribution is -2.16. The van der Waals surface area contributed by atoms with E-state index in [0.717, 1.165) is 22.6 Å². The first-order valence-electron chi connectivity index (χ1n) is 8.87. The van der Waals surface area contributed by atoms with Crippen LogP contribution in [0.5, 0.6) is 5.75 Å². The van der Waals surface area contributed by atoms with Gasteiger partial charge in [0.2, 0.25) is 5.95 Å². The average molecular weight is 397 g/mol. The van der Waals surface area contributed by atoms with Crippen LogP contribution in [0.15, 0.2) is 48.7 Å². The summed E-state index contributed by atoms with van der Waals surface area (Å²) in [5, 5.41) is 6.40. The van der Waals surface area contributed by atoms with Crippen molar-refractivity contribution < 1.29 is 9.53 Å². The number of benzene rings is 2. The number of aryl methyl sites for hydroxylation is 2. The first kappa shape index (κ1) is 19.6. The van der Waals surface area contributed by atoms with Crippen LogP contribution in [0.4, 0.5) is 17.3 Å². The predicted octanol–water partition coefficient (Wildman–Crippen LogP) is 5.14. The number of hydrogen-bond acceptors (Lipinski definition) is 5. The molecule has 0 saturated carbocycles. The second-order valence-corrected chi connectivity index (χ2v) is 6.65. The molecule has 2 N–H and O–H groups in total. The highest BCUT2D eigenvalue weighted by Crippen LogP contribution is 2.27. The van der Waals surface area contributed by atoms with Crippen molar-refractivity contribution in [3.8, 4) is 5.75 Å². The van der Waals surface area contributed by atoms with Gasteiger partial charge in [0.15, 0.2) is 0 Å². The van der Waals surface area contributed by atoms with Crippen molar-refractivity contribution >= 4 is 34.8 Å². The van der Waals surface area contributed by atoms with Crippen LogP contribution < -0.4 is 15.4 Å². The minimum Gasteiger partial charge on any atom is -0.494 e. The van der Waals surface area contributed by atoms with Crippen molar-refractivity contribution in [2.75, 3.05) is 17.2 Å². The molecule has 0 atom stereocenters. The van der Waals surface area contributed by atoms with E-state index in [1.54, 1.807) is 6.07 Å². The molecule has 0 spiro atoms. The zero-order chi connectivity index (χ0) is 20.1. The maximum atomic E-state index is 12.6. The summed E-state index contributed by atoms with van der Waals surface area (Å²) in [5.74, 6) is 0.752. The standard InChI is InChI=1S/C21H21ClN4O2/c1-4-28-16-7-5-15(6-8-16)24-21-23-10-9-18(25-21)20(27)26-19-14(3)11-13(2)12-17(19)22/h5-12H,4H2,1-3H3,(H,26,27)(H,23,24,25). The van der Waals surface area contributed by atoms with E-state index in [4.69, 9.17) is 16.3 Å². The Balaban J connectivity index is 1.74. The number of carbonyl (C=O) groups is 1. The summed E-state index contributed by atoms with van der Waals surface area (Å²) in [4.78, 5) is 21.1. The molecule has 6 nitrogen and oxygen atoms in total. The lowest BCUT2D eigenvalue weighted by atomic mass is 10.1. The lowest BCUT2D eigenvalue weighted by molar-refractivity contribution is 0.102. The van der Waals surface area contributed by atoms with Crippen molar-refractivity contribution in [3.05, 3.63) is 70.5 Å². The van der Waals surface area contributed by atoms with E-state index in [2.05, 4.69) is 20.6 Å². The van der Waals surface area contributed by atoms with Crippen LogP contribution in [0.2, 0.25) is 5.02 Å². The van der Waals surface area contributed by atoms with Crippen LogP contribution >= 0.6 is 11.6 Å². The van der Waals surface area contributed by atoms with Crippen LogP contribution in [0.25, 0.3) is 0 Å². The summed E-state index contributed by atoms with van der Waals surface area (Å²) in [5.41, 5.74) is 3.53. The van der Waals surface area contributed by atoms with E-state index in [1.165, 1.54) is 6.20 Å². The summed E-state index contributed by atoms with van der Waals surface area (Å²) in [6.07, 6.45) is 1.53. The predicted molar refractivity (Wildman–Crippen MR) is 112 cm³/mol. The number of ether oxygens (including phenoxy) is 1. The molecule has 0 unspecified atom stereocenters. The summed E-state index contributed by atoms with van der Waals surface area (Å²) < 4.78 is 5.42. The van der Waals surface area contributed by atoms with Gasteiger partial charge in [0.05, 0.1) is 17.3 Å². The van der Waals surface area contributed by atoms with E-state index in [0.29, 0.717) is 23.3 Å². The maximum Gasteiger partial charge on any atom is 0.274 e. The second kappa shape index (κ2) is 8.71. The minimum absolute atomic E-state index is 0.236. The van der Waals surface area contributed by atoms with Gasteiger partial charge in [-0.2, -0.15) is 0 Å². The highest BCUT2D eigenvalue weighted by Gasteiger charge is 2.13. The fraction of sp³-hybridized carbons (Fsp3) is 0.190. The number of carbonyl (C=O) groups excluding carboxylic acids is 1. The Labute approximate surface area is 168 Å². The Morgan fingerprint density at radius 1 is 1.14 bits per heavy atom. The lowest BCUT2D eigenvalue weighted by Gasteiger charge is -2.12. The molecule has 0 aliphatic rings. The van der Waals surface area contributed by atoms with Gasteiger partial charge < -0.3 is 15.4 Å². The fourth-order valence-corrected chi connectivity index (χ4v) is 3.10. The van der Waals surface area contributed by atoms with Gasteiger partial charge in [-0.1, -0.05) is 17.7 Å². The van der Waals surface area contributed by atoms with Crippen molar-refractivity contribution in [2.45, 2.75) is 20.8 Å². The van der Waals surface area contributed by atoms with Crippen molar-refractivity contribution in [1.29, 1.82) is 0 Å². The summed E-state index contributed by atoms with van der Waals surface area (Å²) in [6.45, 7) is 6.39. The van der Waals surface area contributed by atoms with Crippen LogP contribution in [0.3, 0.4) is 0 Å². The van der Waals surface area contributed by atoms with Gasteiger partial charge in [-0.25, -0.2) is 9.97 Å². The van der Waals surface area contributed by atoms with Gasteiger partial charge in [-0.3, -0.25) is 4.79 Å². The Hall–Kier alpha value is -3.12. The van der Waals surface area contributed by atoms with E-state index < -0.39 is 0 Å². The highest BCUT2D eigenvalue weighted by atomic mass is 35.5. The number of halogens is 1. The Morgan fingerprint density at radius 3 is 2.57 bits per heavy atom. The third-order valence-electron chi connectivity index (χ3n) is 3.98. The molecule has 0 aliphatic carbocycles. The normalized spacial score (nSPS) is 10.4. The van der Waals surface area contributed by atoms with Gasteiger partial charge >= 0.3 is 0 Å². The van der Waals surface area contributed by atoms with Gasteiger partial charge in [0, 0.05) is 11.9 Å². The summed E-state index contributed by atoms with van der Waals surface area (Å²) in [7, 11) is 0. The van der Waals surface area contributed by atoms with E-state index in [1.807, 2.05) is 57.2 Å². The Morgan fingerprint density at radius 2 is 1.89 bits per heavy atom. The van der Waals surface area contributed by atoms with Crippen molar-refractivity contribution in [1.82, 2.24) is 9.97 Å². The summed E-state index contributed by atoms with van der Waals surface area (Å²) >= 11 is 6.27. The van der Waals surface area contributed by atoms with E-state index in [9.17, 15) is 4.79 Å². The summed E-state index contributed by atoms with van der Waals surface area (Å²) in [6, 6.07) is 12.7. The van der Waals surface area contributed by atoms with E-state index >= 15 is 0 Å². The molecule has 0 fully saturated rings. The molecule has 0 saturated heterocycles. The zero-order valence-corrected chi connectivity index (χ0v) is 16.7. The van der Waals surface area contributed by atoms with Crippen molar-refractivity contribution in [2.24, 2.45) is 0 Å². The number of rotatable bonds is 6. The zero-order valence-electron chi connectivity index (χ0n) is 15.9. The number of nitrogens with zero attached hydrogens (tertiary/aromatic N) is 2. The molecule has 2 aromatic carbocycles. The molecule has 0 aliphatic heterocycles. The number of hydrogen-bond donors (Lipinski definition) is 2. The second-order valence-electron chi connectivity index (χ2n) is 6.24. The third-order valence-corrected chi connectivity index (χ3v) is 4.28. The number of aromatic nitrogens is 2. The van der Waals surface area contributed by atoms with Gasteiger partial charge in [-0.05, 0) is 68.3 Å². The van der Waals surface area contributed by atoms with Crippen LogP contribution in [0.1, 0.15) is 28.5 Å². The van der Waals surface area contributed by atoms with E-state index in [-0.39, 0.29) is 11.6 Å². The molecule has 0 bridgehead atoms. The topological polar surface area (TPSA) is 76.1 Å². The number of anilines is 3. The first-order chi connectivity index (χ1) is 13.5. The van der Waals surface area contributed by atoms with Gasteiger partial charge in [0.25, 0.3) is 5.91 Å². The molecule has 0 radical (unpaired) electrons. The number of amides is 1. The minimum atomic E-state index is -0.356. The fourth-order valence-electron chi connectivity index (χ4n) is 2.73. The molecule has 3 rings (SSSR count). The average Bonchev–Trinajstić information content (AvgIpc) is 2.66. The Bertz CT molecular complexity index is 967. The molecule has 1 heterocycles. The number of nitrogens with one attached hydrogen (secondary N) is 2. The quantitative estimate of drug-likeness (QED) is 0.603. The molecule has 144 valence electrons. The van der Waals surface area contributed by atoms with Crippen molar-refractivity contribution in [3.63, 3.8) is 0 Å². The highest BCUT2D eigenvalue weighted by molar-refractivity contribution is 6.34. The van der Waals surface area contributed by atoms with Crippen LogP contribution in [0, 0.1) is 13.8 Å². The molecular formula is C21H21ClN4O2. The molecular weight excluding hydrogens is 376 g/mol. The molecule has 3 aromatic rings. The van der Waals surface area contributed by atoms with Crippen LogP contribution in [-0.2, 0) is 0 Å². The van der Waals surface area contributed by atoms with Gasteiger partial charge in [-0.15, -0.1) is 0 Å². The monoisotopic (exact) mass is 396 g/mol. The third kappa shape index (κ3) is 4.78. The molecule has 1 aromatic heterocycles. The van der Waals surface area contributed by atoms with Gasteiger partial charge in [0.1, 0.15) is 11.4 Å². The SMILES string of the molecule is CCOc1ccc(Nc2nccc(C(=O)Nc3c(C)cc(C)cc3Cl)n2)cc1. The Kier molecular flexibility index (Phi) is 6.11. The largest absolute Gasteiger partial charge is 0.494 e. The molecule has 7 heteroatoms. The smallest absolute Gasteiger partial charge is 0.274 e. The molecule has 28 heavy (non-hydrogen) atoms. The first-order valence-corrected chi connectivity index (χ1v) is 9.25. The molecule has 1 amide bonds. The van der Waals surface area contributed by atoms with Crippen LogP contribution in [-0.4, -0.2) is 22.5 Å².